The van der Waals surface area contributed by atoms with Crippen molar-refractivity contribution in [3.05, 3.63) is 29.3 Å². The zero-order valence-corrected chi connectivity index (χ0v) is 7.34. The van der Waals surface area contributed by atoms with Crippen LogP contribution in [-0.2, 0) is 0 Å². The van der Waals surface area contributed by atoms with Gasteiger partial charge in [0, 0.05) is 0 Å². The second-order valence-corrected chi connectivity index (χ2v) is 2.69. The van der Waals surface area contributed by atoms with Crippen molar-refractivity contribution in [2.75, 3.05) is 7.11 Å². The Labute approximate surface area is 74.8 Å². The van der Waals surface area contributed by atoms with E-state index in [0.717, 1.165) is 6.07 Å². The maximum absolute atomic E-state index is 12.9. The SMILES string of the molecule is COc1cc([C@@H](C)O)cc(F)c1F. The molecule has 0 heterocycles. The van der Waals surface area contributed by atoms with Crippen LogP contribution in [-0.4, -0.2) is 12.2 Å². The molecule has 0 saturated heterocycles. The van der Waals surface area contributed by atoms with Gasteiger partial charge in [-0.2, -0.15) is 4.39 Å². The van der Waals surface area contributed by atoms with E-state index in [4.69, 9.17) is 5.11 Å². The minimum Gasteiger partial charge on any atom is -0.494 e. The molecule has 1 N–H and O–H groups in total. The van der Waals surface area contributed by atoms with Crippen molar-refractivity contribution in [3.8, 4) is 5.75 Å². The average Bonchev–Trinajstić information content (AvgIpc) is 2.09. The molecule has 0 aliphatic heterocycles. The predicted molar refractivity (Wildman–Crippen MR) is 43.5 cm³/mol. The van der Waals surface area contributed by atoms with Gasteiger partial charge in [0.25, 0.3) is 0 Å². The number of rotatable bonds is 2. The van der Waals surface area contributed by atoms with Gasteiger partial charge in [0.2, 0.25) is 5.82 Å². The minimum absolute atomic E-state index is 0.198. The summed E-state index contributed by atoms with van der Waals surface area (Å²) in [6.07, 6.45) is -0.844. The standard InChI is InChI=1S/C9H10F2O2/c1-5(12)6-3-7(10)9(11)8(4-6)13-2/h3-5,12H,1-2H3/t5-/m1/s1. The molecule has 0 unspecified atom stereocenters. The zero-order valence-electron chi connectivity index (χ0n) is 7.34. The van der Waals surface area contributed by atoms with Gasteiger partial charge in [0.15, 0.2) is 11.6 Å². The first kappa shape index (κ1) is 9.92. The van der Waals surface area contributed by atoms with E-state index >= 15 is 0 Å². The van der Waals surface area contributed by atoms with E-state index in [1.807, 2.05) is 0 Å². The maximum Gasteiger partial charge on any atom is 0.200 e. The fourth-order valence-corrected chi connectivity index (χ4v) is 0.974. The normalized spacial score (nSPS) is 12.7. The van der Waals surface area contributed by atoms with Crippen molar-refractivity contribution in [1.29, 1.82) is 0 Å². The highest BCUT2D eigenvalue weighted by Gasteiger charge is 2.13. The summed E-state index contributed by atoms with van der Waals surface area (Å²) in [6, 6.07) is 2.21. The molecule has 0 fully saturated rings. The van der Waals surface area contributed by atoms with Crippen molar-refractivity contribution in [2.24, 2.45) is 0 Å². The lowest BCUT2D eigenvalue weighted by Crippen LogP contribution is -1.98. The molecule has 0 saturated carbocycles. The Morgan fingerprint density at radius 3 is 2.46 bits per heavy atom. The third-order valence-electron chi connectivity index (χ3n) is 1.72. The summed E-state index contributed by atoms with van der Waals surface area (Å²) in [4.78, 5) is 0. The predicted octanol–water partition coefficient (Wildman–Crippen LogP) is 2.03. The van der Waals surface area contributed by atoms with E-state index < -0.39 is 17.7 Å². The fraction of sp³-hybridized carbons (Fsp3) is 0.333. The summed E-state index contributed by atoms with van der Waals surface area (Å²) in [5.74, 6) is -2.25. The highest BCUT2D eigenvalue weighted by molar-refractivity contribution is 5.32. The molecule has 1 rings (SSSR count). The van der Waals surface area contributed by atoms with Gasteiger partial charge in [-0.15, -0.1) is 0 Å². The lowest BCUT2D eigenvalue weighted by atomic mass is 10.1. The van der Waals surface area contributed by atoms with Crippen LogP contribution in [0.5, 0.6) is 5.75 Å². The van der Waals surface area contributed by atoms with E-state index in [1.165, 1.54) is 20.1 Å². The van der Waals surface area contributed by atoms with Gasteiger partial charge in [-0.3, -0.25) is 0 Å². The zero-order chi connectivity index (χ0) is 10.0. The molecule has 0 spiro atoms. The van der Waals surface area contributed by atoms with Crippen molar-refractivity contribution in [3.63, 3.8) is 0 Å². The van der Waals surface area contributed by atoms with Crippen LogP contribution in [0, 0.1) is 11.6 Å². The third-order valence-corrected chi connectivity index (χ3v) is 1.72. The number of aliphatic hydroxyl groups is 1. The number of benzene rings is 1. The molecule has 0 radical (unpaired) electrons. The van der Waals surface area contributed by atoms with E-state index in [2.05, 4.69) is 4.74 Å². The number of hydrogen-bond donors (Lipinski definition) is 1. The molecule has 1 aromatic carbocycles. The first-order chi connectivity index (χ1) is 6.06. The van der Waals surface area contributed by atoms with E-state index in [0.29, 0.717) is 0 Å². The molecule has 0 aliphatic rings. The first-order valence-corrected chi connectivity index (χ1v) is 3.77. The molecule has 0 aliphatic carbocycles. The number of aliphatic hydroxyl groups excluding tert-OH is 1. The molecular weight excluding hydrogens is 178 g/mol. The molecule has 1 aromatic rings. The lowest BCUT2D eigenvalue weighted by molar-refractivity contribution is 0.198. The first-order valence-electron chi connectivity index (χ1n) is 3.77. The third kappa shape index (κ3) is 1.95. The highest BCUT2D eigenvalue weighted by atomic mass is 19.2. The number of halogens is 2. The number of methoxy groups -OCH3 is 1. The van der Waals surface area contributed by atoms with Gasteiger partial charge in [-0.05, 0) is 24.6 Å². The van der Waals surface area contributed by atoms with Gasteiger partial charge >= 0.3 is 0 Å². The Bertz CT molecular complexity index is 311. The summed E-state index contributed by atoms with van der Waals surface area (Å²) in [7, 11) is 1.24. The Kier molecular flexibility index (Phi) is 2.83. The Hall–Kier alpha value is -1.16. The van der Waals surface area contributed by atoms with Crippen molar-refractivity contribution >= 4 is 0 Å². The summed E-state index contributed by atoms with van der Waals surface area (Å²) >= 11 is 0. The molecule has 1 atom stereocenters. The van der Waals surface area contributed by atoms with E-state index in [-0.39, 0.29) is 11.3 Å². The highest BCUT2D eigenvalue weighted by Crippen LogP contribution is 2.24. The quantitative estimate of drug-likeness (QED) is 0.769. The molecule has 13 heavy (non-hydrogen) atoms. The molecule has 72 valence electrons. The molecule has 0 aromatic heterocycles. The summed E-state index contributed by atoms with van der Waals surface area (Å²) in [5.41, 5.74) is 0.288. The lowest BCUT2D eigenvalue weighted by Gasteiger charge is -2.08. The van der Waals surface area contributed by atoms with E-state index in [9.17, 15) is 8.78 Å². The van der Waals surface area contributed by atoms with Crippen LogP contribution in [0.15, 0.2) is 12.1 Å². The summed E-state index contributed by atoms with van der Waals surface area (Å²) in [6.45, 7) is 1.46. The van der Waals surface area contributed by atoms with Gasteiger partial charge in [-0.1, -0.05) is 0 Å². The Morgan fingerprint density at radius 1 is 1.38 bits per heavy atom. The van der Waals surface area contributed by atoms with Crippen LogP contribution in [0.4, 0.5) is 8.78 Å². The van der Waals surface area contributed by atoms with Crippen LogP contribution in [0.2, 0.25) is 0 Å². The van der Waals surface area contributed by atoms with Crippen molar-refractivity contribution in [1.82, 2.24) is 0 Å². The summed E-state index contributed by atoms with van der Waals surface area (Å²) < 4.78 is 30.3. The Balaban J connectivity index is 3.22. The minimum atomic E-state index is -1.04. The monoisotopic (exact) mass is 188 g/mol. The van der Waals surface area contributed by atoms with Crippen LogP contribution in [0.1, 0.15) is 18.6 Å². The average molecular weight is 188 g/mol. The molecular formula is C9H10F2O2. The topological polar surface area (TPSA) is 29.5 Å². The Morgan fingerprint density at radius 2 is 2.00 bits per heavy atom. The van der Waals surface area contributed by atoms with Gasteiger partial charge in [0.1, 0.15) is 0 Å². The second kappa shape index (κ2) is 3.70. The van der Waals surface area contributed by atoms with Crippen molar-refractivity contribution < 1.29 is 18.6 Å². The van der Waals surface area contributed by atoms with Gasteiger partial charge in [0.05, 0.1) is 13.2 Å². The van der Waals surface area contributed by atoms with Gasteiger partial charge < -0.3 is 9.84 Å². The molecule has 4 heteroatoms. The smallest absolute Gasteiger partial charge is 0.200 e. The molecule has 2 nitrogen and oxygen atoms in total. The van der Waals surface area contributed by atoms with Crippen LogP contribution >= 0.6 is 0 Å². The van der Waals surface area contributed by atoms with Crippen LogP contribution in [0.25, 0.3) is 0 Å². The maximum atomic E-state index is 12.9. The largest absolute Gasteiger partial charge is 0.494 e. The molecule has 0 amide bonds. The van der Waals surface area contributed by atoms with Crippen LogP contribution in [0.3, 0.4) is 0 Å². The number of ether oxygens (including phenoxy) is 1. The number of hydrogen-bond acceptors (Lipinski definition) is 2. The second-order valence-electron chi connectivity index (χ2n) is 2.69. The van der Waals surface area contributed by atoms with Crippen LogP contribution < -0.4 is 4.74 Å². The van der Waals surface area contributed by atoms with Gasteiger partial charge in [-0.25, -0.2) is 4.39 Å². The fourth-order valence-electron chi connectivity index (χ4n) is 0.974. The summed E-state index contributed by atoms with van der Waals surface area (Å²) in [5, 5.41) is 9.11. The van der Waals surface area contributed by atoms with E-state index in [1.54, 1.807) is 0 Å². The molecule has 0 bridgehead atoms. The van der Waals surface area contributed by atoms with Crippen molar-refractivity contribution in [2.45, 2.75) is 13.0 Å².